The molecule has 5 nitrogen and oxygen atoms in total. The van der Waals surface area contributed by atoms with Gasteiger partial charge in [0, 0.05) is 25.5 Å². The van der Waals surface area contributed by atoms with Crippen molar-refractivity contribution in [2.24, 2.45) is 5.73 Å². The highest BCUT2D eigenvalue weighted by Crippen LogP contribution is 2.04. The SMILES string of the molecule is CCOCCCNc1nc(C)cc(C(N)=S)n1. The maximum absolute atomic E-state index is 5.54. The lowest BCUT2D eigenvalue weighted by Gasteiger charge is -2.07. The van der Waals surface area contributed by atoms with E-state index in [1.165, 1.54) is 0 Å². The summed E-state index contributed by atoms with van der Waals surface area (Å²) < 4.78 is 5.24. The van der Waals surface area contributed by atoms with Gasteiger partial charge in [-0.1, -0.05) is 12.2 Å². The third kappa shape index (κ3) is 5.06. The molecule has 1 aromatic rings. The van der Waals surface area contributed by atoms with E-state index in [4.69, 9.17) is 22.7 Å². The molecule has 6 heteroatoms. The van der Waals surface area contributed by atoms with Crippen molar-refractivity contribution in [3.05, 3.63) is 17.5 Å². The first-order valence-electron chi connectivity index (χ1n) is 5.60. The zero-order chi connectivity index (χ0) is 12.7. The molecule has 0 aliphatic carbocycles. The molecule has 0 unspecified atom stereocenters. The van der Waals surface area contributed by atoms with Gasteiger partial charge in [0.1, 0.15) is 10.7 Å². The predicted octanol–water partition coefficient (Wildman–Crippen LogP) is 1.26. The average molecular weight is 254 g/mol. The highest BCUT2D eigenvalue weighted by Gasteiger charge is 2.03. The third-order valence-corrected chi connectivity index (χ3v) is 2.27. The van der Waals surface area contributed by atoms with Crippen molar-refractivity contribution in [2.45, 2.75) is 20.3 Å². The molecule has 0 fully saturated rings. The number of aryl methyl sites for hydroxylation is 1. The lowest BCUT2D eigenvalue weighted by Crippen LogP contribution is -2.15. The number of rotatable bonds is 7. The minimum atomic E-state index is 0.285. The molecule has 0 atom stereocenters. The zero-order valence-corrected chi connectivity index (χ0v) is 11.0. The Morgan fingerprint density at radius 1 is 1.53 bits per heavy atom. The van der Waals surface area contributed by atoms with Crippen molar-refractivity contribution in [3.8, 4) is 0 Å². The standard InChI is InChI=1S/C11H18N4OS/c1-3-16-6-4-5-13-11-14-8(2)7-9(15-11)10(12)17/h7H,3-6H2,1-2H3,(H2,12,17)(H,13,14,15). The van der Waals surface area contributed by atoms with E-state index >= 15 is 0 Å². The summed E-state index contributed by atoms with van der Waals surface area (Å²) in [5.41, 5.74) is 6.98. The molecule has 94 valence electrons. The summed E-state index contributed by atoms with van der Waals surface area (Å²) in [5.74, 6) is 0.560. The Balaban J connectivity index is 2.50. The second-order valence-corrected chi connectivity index (χ2v) is 4.00. The molecule has 0 saturated heterocycles. The number of ether oxygens (including phenoxy) is 1. The fraction of sp³-hybridized carbons (Fsp3) is 0.545. The second-order valence-electron chi connectivity index (χ2n) is 3.56. The quantitative estimate of drug-likeness (QED) is 0.564. The number of nitrogens with one attached hydrogen (secondary N) is 1. The van der Waals surface area contributed by atoms with Gasteiger partial charge < -0.3 is 15.8 Å². The van der Waals surface area contributed by atoms with Crippen molar-refractivity contribution < 1.29 is 4.74 Å². The molecule has 1 heterocycles. The van der Waals surface area contributed by atoms with Gasteiger partial charge in [-0.05, 0) is 26.3 Å². The lowest BCUT2D eigenvalue weighted by molar-refractivity contribution is 0.147. The van der Waals surface area contributed by atoms with Crippen LogP contribution in [0.25, 0.3) is 0 Å². The molecule has 0 bridgehead atoms. The van der Waals surface area contributed by atoms with Crippen LogP contribution in [-0.2, 0) is 4.74 Å². The Kier molecular flexibility index (Phi) is 5.79. The summed E-state index contributed by atoms with van der Waals surface area (Å²) in [6.07, 6.45) is 0.910. The molecule has 3 N–H and O–H groups in total. The summed E-state index contributed by atoms with van der Waals surface area (Å²) >= 11 is 4.89. The van der Waals surface area contributed by atoms with Gasteiger partial charge in [0.2, 0.25) is 5.95 Å². The number of hydrogen-bond acceptors (Lipinski definition) is 5. The van der Waals surface area contributed by atoms with Crippen LogP contribution in [0.5, 0.6) is 0 Å². The van der Waals surface area contributed by atoms with E-state index in [-0.39, 0.29) is 4.99 Å². The molecule has 1 rings (SSSR count). The van der Waals surface area contributed by atoms with Crippen molar-refractivity contribution in [1.29, 1.82) is 0 Å². The molecule has 17 heavy (non-hydrogen) atoms. The molecular formula is C11H18N4OS. The van der Waals surface area contributed by atoms with Gasteiger partial charge in [0.15, 0.2) is 0 Å². The van der Waals surface area contributed by atoms with Crippen molar-refractivity contribution in [3.63, 3.8) is 0 Å². The zero-order valence-electron chi connectivity index (χ0n) is 10.2. The van der Waals surface area contributed by atoms with Gasteiger partial charge in [-0.3, -0.25) is 0 Å². The number of anilines is 1. The van der Waals surface area contributed by atoms with Crippen LogP contribution < -0.4 is 11.1 Å². The summed E-state index contributed by atoms with van der Waals surface area (Å²) in [7, 11) is 0. The normalized spacial score (nSPS) is 10.2. The second kappa shape index (κ2) is 7.13. The number of aromatic nitrogens is 2. The van der Waals surface area contributed by atoms with Gasteiger partial charge in [-0.15, -0.1) is 0 Å². The Morgan fingerprint density at radius 3 is 2.94 bits per heavy atom. The molecule has 0 radical (unpaired) electrons. The van der Waals surface area contributed by atoms with Crippen LogP contribution in [0.3, 0.4) is 0 Å². The highest BCUT2D eigenvalue weighted by atomic mass is 32.1. The Bertz CT molecular complexity index is 384. The fourth-order valence-electron chi connectivity index (χ4n) is 1.29. The highest BCUT2D eigenvalue weighted by molar-refractivity contribution is 7.80. The number of thiocarbonyl (C=S) groups is 1. The van der Waals surface area contributed by atoms with E-state index in [9.17, 15) is 0 Å². The van der Waals surface area contributed by atoms with Crippen LogP contribution in [-0.4, -0.2) is 34.7 Å². The van der Waals surface area contributed by atoms with E-state index in [0.717, 1.165) is 31.9 Å². The third-order valence-electron chi connectivity index (χ3n) is 2.06. The van der Waals surface area contributed by atoms with E-state index in [0.29, 0.717) is 11.6 Å². The van der Waals surface area contributed by atoms with E-state index in [2.05, 4.69) is 15.3 Å². The number of hydrogen-bond donors (Lipinski definition) is 2. The molecule has 0 amide bonds. The first-order valence-corrected chi connectivity index (χ1v) is 6.01. The molecule has 0 saturated carbocycles. The molecule has 0 aromatic carbocycles. The Hall–Kier alpha value is -1.27. The van der Waals surface area contributed by atoms with Crippen molar-refractivity contribution >= 4 is 23.2 Å². The van der Waals surface area contributed by atoms with Gasteiger partial charge in [0.05, 0.1) is 0 Å². The van der Waals surface area contributed by atoms with Gasteiger partial charge in [-0.25, -0.2) is 9.97 Å². The largest absolute Gasteiger partial charge is 0.388 e. The Labute approximate surface area is 107 Å². The molecular weight excluding hydrogens is 236 g/mol. The van der Waals surface area contributed by atoms with Crippen LogP contribution in [0.1, 0.15) is 24.7 Å². The molecule has 1 aromatic heterocycles. The minimum absolute atomic E-state index is 0.285. The number of nitrogens with two attached hydrogens (primary N) is 1. The van der Waals surface area contributed by atoms with Crippen molar-refractivity contribution in [1.82, 2.24) is 9.97 Å². The predicted molar refractivity (Wildman–Crippen MR) is 72.3 cm³/mol. The molecule has 0 aliphatic heterocycles. The summed E-state index contributed by atoms with van der Waals surface area (Å²) in [6, 6.07) is 1.77. The summed E-state index contributed by atoms with van der Waals surface area (Å²) in [4.78, 5) is 8.76. The smallest absolute Gasteiger partial charge is 0.223 e. The van der Waals surface area contributed by atoms with Crippen LogP contribution in [0.2, 0.25) is 0 Å². The monoisotopic (exact) mass is 254 g/mol. The first-order chi connectivity index (χ1) is 8.13. The topological polar surface area (TPSA) is 73.1 Å². The number of nitrogens with zero attached hydrogens (tertiary/aromatic N) is 2. The van der Waals surface area contributed by atoms with Crippen molar-refractivity contribution in [2.75, 3.05) is 25.1 Å². The van der Waals surface area contributed by atoms with Crippen LogP contribution in [0.15, 0.2) is 6.07 Å². The van der Waals surface area contributed by atoms with Gasteiger partial charge >= 0.3 is 0 Å². The van der Waals surface area contributed by atoms with Gasteiger partial charge in [0.25, 0.3) is 0 Å². The van der Waals surface area contributed by atoms with Gasteiger partial charge in [-0.2, -0.15) is 0 Å². The fourth-order valence-corrected chi connectivity index (χ4v) is 1.40. The summed E-state index contributed by atoms with van der Waals surface area (Å²) in [5, 5.41) is 3.12. The average Bonchev–Trinajstić information content (AvgIpc) is 2.28. The van der Waals surface area contributed by atoms with Crippen LogP contribution >= 0.6 is 12.2 Å². The minimum Gasteiger partial charge on any atom is -0.388 e. The summed E-state index contributed by atoms with van der Waals surface area (Å²) in [6.45, 7) is 6.10. The van der Waals surface area contributed by atoms with Crippen LogP contribution in [0.4, 0.5) is 5.95 Å². The molecule has 0 aliphatic rings. The van der Waals surface area contributed by atoms with E-state index in [1.807, 2.05) is 13.8 Å². The maximum Gasteiger partial charge on any atom is 0.223 e. The van der Waals surface area contributed by atoms with E-state index < -0.39 is 0 Å². The Morgan fingerprint density at radius 2 is 2.29 bits per heavy atom. The first kappa shape index (κ1) is 13.8. The lowest BCUT2D eigenvalue weighted by atomic mass is 10.3. The van der Waals surface area contributed by atoms with Crippen LogP contribution in [0, 0.1) is 6.92 Å². The maximum atomic E-state index is 5.54. The van der Waals surface area contributed by atoms with E-state index in [1.54, 1.807) is 6.07 Å². The molecule has 0 spiro atoms.